The monoisotopic (exact) mass is 380 g/mol. The predicted octanol–water partition coefficient (Wildman–Crippen LogP) is 3.91. The smallest absolute Gasteiger partial charge is 0.406 e. The Morgan fingerprint density at radius 3 is 2.26 bits per heavy atom. The Morgan fingerprint density at radius 2 is 1.70 bits per heavy atom. The van der Waals surface area contributed by atoms with E-state index in [1.165, 1.54) is 24.1 Å². The molecule has 1 N–H and O–H groups in total. The van der Waals surface area contributed by atoms with Crippen LogP contribution in [0.2, 0.25) is 0 Å². The van der Waals surface area contributed by atoms with E-state index in [1.54, 1.807) is 6.07 Å². The van der Waals surface area contributed by atoms with Gasteiger partial charge in [-0.05, 0) is 49.7 Å². The molecule has 8 heteroatoms. The normalized spacial score (nSPS) is 11.0. The fraction of sp³-hybridized carbons (Fsp3) is 0.263. The summed E-state index contributed by atoms with van der Waals surface area (Å²) < 4.78 is 40.2. The van der Waals surface area contributed by atoms with Crippen molar-refractivity contribution in [3.05, 3.63) is 59.2 Å². The van der Waals surface area contributed by atoms with Gasteiger partial charge in [0.1, 0.15) is 5.75 Å². The maximum atomic E-state index is 12.5. The van der Waals surface area contributed by atoms with Gasteiger partial charge >= 0.3 is 6.36 Å². The van der Waals surface area contributed by atoms with Gasteiger partial charge in [0.25, 0.3) is 5.91 Å². The molecular formula is C19H19F3N2O3. The van der Waals surface area contributed by atoms with Crippen molar-refractivity contribution in [2.24, 2.45) is 0 Å². The van der Waals surface area contributed by atoms with Crippen LogP contribution in [0.3, 0.4) is 0 Å². The van der Waals surface area contributed by atoms with Crippen molar-refractivity contribution in [1.82, 2.24) is 4.90 Å². The highest BCUT2D eigenvalue weighted by Crippen LogP contribution is 2.24. The van der Waals surface area contributed by atoms with Crippen molar-refractivity contribution in [2.45, 2.75) is 20.2 Å². The number of nitrogens with one attached hydrogen (secondary N) is 1. The van der Waals surface area contributed by atoms with Crippen molar-refractivity contribution in [3.63, 3.8) is 0 Å². The molecule has 0 aliphatic carbocycles. The van der Waals surface area contributed by atoms with E-state index >= 15 is 0 Å². The molecule has 0 bridgehead atoms. The van der Waals surface area contributed by atoms with Gasteiger partial charge in [-0.25, -0.2) is 0 Å². The van der Waals surface area contributed by atoms with Gasteiger partial charge in [-0.2, -0.15) is 0 Å². The first kappa shape index (κ1) is 20.3. The van der Waals surface area contributed by atoms with Crippen LogP contribution >= 0.6 is 0 Å². The number of ether oxygens (including phenoxy) is 1. The van der Waals surface area contributed by atoms with Crippen LogP contribution in [0.15, 0.2) is 42.5 Å². The Hall–Kier alpha value is -3.03. The lowest BCUT2D eigenvalue weighted by molar-refractivity contribution is -0.274. The molecule has 2 aromatic carbocycles. The van der Waals surface area contributed by atoms with E-state index in [2.05, 4.69) is 10.1 Å². The molecule has 144 valence electrons. The number of nitrogens with zero attached hydrogens (tertiary/aromatic N) is 1. The van der Waals surface area contributed by atoms with Gasteiger partial charge in [-0.3, -0.25) is 9.59 Å². The van der Waals surface area contributed by atoms with Crippen molar-refractivity contribution in [3.8, 4) is 5.75 Å². The number of anilines is 1. The zero-order valence-corrected chi connectivity index (χ0v) is 15.1. The van der Waals surface area contributed by atoms with Gasteiger partial charge in [0.15, 0.2) is 0 Å². The number of hydrogen-bond donors (Lipinski definition) is 1. The summed E-state index contributed by atoms with van der Waals surface area (Å²) in [4.78, 5) is 25.8. The summed E-state index contributed by atoms with van der Waals surface area (Å²) in [5, 5.41) is 2.52. The highest BCUT2D eigenvalue weighted by atomic mass is 19.4. The molecule has 2 rings (SSSR count). The second-order valence-electron chi connectivity index (χ2n) is 6.10. The van der Waals surface area contributed by atoms with E-state index in [4.69, 9.17) is 0 Å². The molecule has 2 amide bonds. The van der Waals surface area contributed by atoms with Crippen LogP contribution in [-0.2, 0) is 4.79 Å². The van der Waals surface area contributed by atoms with Crippen LogP contribution < -0.4 is 10.1 Å². The Bertz CT molecular complexity index is 833. The number of hydrogen-bond acceptors (Lipinski definition) is 3. The Morgan fingerprint density at radius 1 is 1.07 bits per heavy atom. The van der Waals surface area contributed by atoms with Gasteiger partial charge in [0.05, 0.1) is 6.54 Å². The predicted molar refractivity (Wildman–Crippen MR) is 94.6 cm³/mol. The van der Waals surface area contributed by atoms with Crippen LogP contribution in [0.4, 0.5) is 18.9 Å². The summed E-state index contributed by atoms with van der Waals surface area (Å²) in [5.41, 5.74) is 2.64. The van der Waals surface area contributed by atoms with Crippen molar-refractivity contribution < 1.29 is 27.5 Å². The number of amides is 2. The van der Waals surface area contributed by atoms with Gasteiger partial charge in [-0.15, -0.1) is 13.2 Å². The fourth-order valence-corrected chi connectivity index (χ4v) is 2.49. The van der Waals surface area contributed by atoms with Crippen LogP contribution in [0.5, 0.6) is 5.75 Å². The molecule has 0 radical (unpaired) electrons. The summed E-state index contributed by atoms with van der Waals surface area (Å²) in [7, 11) is 1.50. The van der Waals surface area contributed by atoms with Crippen LogP contribution in [-0.4, -0.2) is 36.7 Å². The van der Waals surface area contributed by atoms with Gasteiger partial charge in [-0.1, -0.05) is 17.7 Å². The topological polar surface area (TPSA) is 58.6 Å². The first-order valence-corrected chi connectivity index (χ1v) is 8.03. The third-order valence-electron chi connectivity index (χ3n) is 3.71. The number of aryl methyl sites for hydroxylation is 2. The Kier molecular flexibility index (Phi) is 6.09. The third kappa shape index (κ3) is 6.02. The Labute approximate surface area is 154 Å². The average Bonchev–Trinajstić information content (AvgIpc) is 2.54. The molecule has 27 heavy (non-hydrogen) atoms. The molecule has 2 aromatic rings. The largest absolute Gasteiger partial charge is 0.573 e. The number of carbonyl (C=O) groups excluding carboxylic acids is 2. The SMILES string of the molecule is Cc1ccc(C(=O)N(C)CC(=O)Nc2ccc(OC(F)(F)F)cc2)c(C)c1. The minimum absolute atomic E-state index is 0.201. The molecule has 0 atom stereocenters. The van der Waals surface area contributed by atoms with Gasteiger partial charge in [0.2, 0.25) is 5.91 Å². The van der Waals surface area contributed by atoms with Crippen molar-refractivity contribution in [2.75, 3.05) is 18.9 Å². The van der Waals surface area contributed by atoms with E-state index < -0.39 is 12.3 Å². The summed E-state index contributed by atoms with van der Waals surface area (Å²) in [6.07, 6.45) is -4.78. The number of halogens is 3. The lowest BCUT2D eigenvalue weighted by atomic mass is 10.0. The number of benzene rings is 2. The van der Waals surface area contributed by atoms with E-state index in [9.17, 15) is 22.8 Å². The van der Waals surface area contributed by atoms with Crippen LogP contribution in [0.25, 0.3) is 0 Å². The maximum Gasteiger partial charge on any atom is 0.573 e. The second-order valence-corrected chi connectivity index (χ2v) is 6.10. The van der Waals surface area contributed by atoms with E-state index in [0.29, 0.717) is 11.3 Å². The maximum absolute atomic E-state index is 12.5. The Balaban J connectivity index is 1.95. The fourth-order valence-electron chi connectivity index (χ4n) is 2.49. The molecule has 0 aliphatic heterocycles. The molecule has 0 saturated heterocycles. The molecule has 0 aliphatic rings. The van der Waals surface area contributed by atoms with E-state index in [0.717, 1.165) is 23.3 Å². The molecular weight excluding hydrogens is 361 g/mol. The first-order chi connectivity index (χ1) is 12.5. The molecule has 0 heterocycles. The highest BCUT2D eigenvalue weighted by molar-refractivity contribution is 6.00. The molecule has 0 unspecified atom stereocenters. The highest BCUT2D eigenvalue weighted by Gasteiger charge is 2.31. The van der Waals surface area contributed by atoms with Crippen LogP contribution in [0, 0.1) is 13.8 Å². The lowest BCUT2D eigenvalue weighted by Crippen LogP contribution is -2.35. The van der Waals surface area contributed by atoms with Gasteiger partial charge in [0, 0.05) is 18.3 Å². The second kappa shape index (κ2) is 8.11. The third-order valence-corrected chi connectivity index (χ3v) is 3.71. The lowest BCUT2D eigenvalue weighted by Gasteiger charge is -2.18. The summed E-state index contributed by atoms with van der Waals surface area (Å²) in [6, 6.07) is 10.2. The standard InChI is InChI=1S/C19H19F3N2O3/c1-12-4-9-16(13(2)10-12)18(26)24(3)11-17(25)23-14-5-7-15(8-6-14)27-19(20,21)22/h4-10H,11H2,1-3H3,(H,23,25). The zero-order chi connectivity index (χ0) is 20.2. The quantitative estimate of drug-likeness (QED) is 0.856. The number of likely N-dealkylation sites (N-methyl/N-ethyl adjacent to an activating group) is 1. The van der Waals surface area contributed by atoms with E-state index in [-0.39, 0.29) is 18.2 Å². The number of rotatable bonds is 5. The number of alkyl halides is 3. The minimum Gasteiger partial charge on any atom is -0.406 e. The zero-order valence-electron chi connectivity index (χ0n) is 15.1. The number of carbonyl (C=O) groups is 2. The first-order valence-electron chi connectivity index (χ1n) is 8.03. The average molecular weight is 380 g/mol. The van der Waals surface area contributed by atoms with Crippen molar-refractivity contribution >= 4 is 17.5 Å². The summed E-state index contributed by atoms with van der Waals surface area (Å²) in [5.74, 6) is -1.15. The molecule has 0 saturated carbocycles. The molecule has 0 spiro atoms. The van der Waals surface area contributed by atoms with Crippen molar-refractivity contribution in [1.29, 1.82) is 0 Å². The molecule has 0 fully saturated rings. The molecule has 0 aromatic heterocycles. The molecule has 5 nitrogen and oxygen atoms in total. The van der Waals surface area contributed by atoms with Gasteiger partial charge < -0.3 is 15.0 Å². The minimum atomic E-state index is -4.78. The van der Waals surface area contributed by atoms with Crippen LogP contribution in [0.1, 0.15) is 21.5 Å². The van der Waals surface area contributed by atoms with E-state index in [1.807, 2.05) is 26.0 Å². The summed E-state index contributed by atoms with van der Waals surface area (Å²) in [6.45, 7) is 3.54. The summed E-state index contributed by atoms with van der Waals surface area (Å²) >= 11 is 0.